The second-order valence-corrected chi connectivity index (χ2v) is 4.02. The molecule has 0 amide bonds. The fourth-order valence-corrected chi connectivity index (χ4v) is 2.00. The highest BCUT2D eigenvalue weighted by molar-refractivity contribution is 5.74. The molecule has 1 heterocycles. The Labute approximate surface area is 95.9 Å². The molecule has 0 radical (unpaired) electrons. The first-order chi connectivity index (χ1) is 7.99. The number of carbonyl (C=O) groups is 1. The van der Waals surface area contributed by atoms with Crippen molar-refractivity contribution in [2.75, 3.05) is 0 Å². The molecule has 92 valence electrons. The minimum Gasteiger partial charge on any atom is -0.505 e. The molecule has 1 aromatic rings. The summed E-state index contributed by atoms with van der Waals surface area (Å²) in [7, 11) is 0. The summed E-state index contributed by atoms with van der Waals surface area (Å²) in [4.78, 5) is 10.7. The predicted molar refractivity (Wildman–Crippen MR) is 54.6 cm³/mol. The molecule has 0 saturated carbocycles. The Hall–Kier alpha value is -1.69. The summed E-state index contributed by atoms with van der Waals surface area (Å²) in [5, 5.41) is 20.7. The zero-order valence-electron chi connectivity index (χ0n) is 8.78. The van der Waals surface area contributed by atoms with Crippen molar-refractivity contribution >= 4 is 5.97 Å². The quantitative estimate of drug-likeness (QED) is 0.737. The Bertz CT molecular complexity index is 441. The molecular weight excluding hydrogens is 232 g/mol. The Balaban J connectivity index is 2.22. The highest BCUT2D eigenvalue weighted by atomic mass is 19.2. The summed E-state index contributed by atoms with van der Waals surface area (Å²) in [6.07, 6.45) is 0.918. The molecule has 1 aliphatic rings. The van der Waals surface area contributed by atoms with Crippen LogP contribution in [-0.2, 0) is 4.79 Å². The molecule has 17 heavy (non-hydrogen) atoms. The van der Waals surface area contributed by atoms with E-state index in [9.17, 15) is 13.6 Å². The molecule has 1 aliphatic heterocycles. The molecule has 2 rings (SSSR count). The number of rotatable bonds is 2. The summed E-state index contributed by atoms with van der Waals surface area (Å²) in [5.74, 6) is -4.16. The number of nitrogens with one attached hydrogen (secondary N) is 1. The van der Waals surface area contributed by atoms with E-state index < -0.39 is 29.4 Å². The lowest BCUT2D eigenvalue weighted by atomic mass is 10.0. The van der Waals surface area contributed by atoms with E-state index in [4.69, 9.17) is 10.2 Å². The van der Waals surface area contributed by atoms with Crippen molar-refractivity contribution in [1.29, 1.82) is 0 Å². The largest absolute Gasteiger partial charge is 0.505 e. The highest BCUT2D eigenvalue weighted by Gasteiger charge is 2.30. The predicted octanol–water partition coefficient (Wildman–Crippen LogP) is 1.55. The van der Waals surface area contributed by atoms with Gasteiger partial charge in [-0.25, -0.2) is 4.39 Å². The third-order valence-corrected chi connectivity index (χ3v) is 2.88. The molecule has 1 aromatic carbocycles. The van der Waals surface area contributed by atoms with Crippen LogP contribution in [-0.4, -0.2) is 22.2 Å². The van der Waals surface area contributed by atoms with Crippen molar-refractivity contribution in [3.8, 4) is 5.75 Å². The average Bonchev–Trinajstić information content (AvgIpc) is 2.74. The van der Waals surface area contributed by atoms with Crippen LogP contribution in [0.4, 0.5) is 8.78 Å². The van der Waals surface area contributed by atoms with Crippen LogP contribution in [0.1, 0.15) is 24.4 Å². The summed E-state index contributed by atoms with van der Waals surface area (Å²) in [5.41, 5.74) is 0.352. The second-order valence-electron chi connectivity index (χ2n) is 4.02. The molecule has 6 heteroatoms. The summed E-state index contributed by atoms with van der Waals surface area (Å²) in [6, 6.07) is 1.02. The minimum atomic E-state index is -1.29. The Morgan fingerprint density at radius 1 is 1.35 bits per heavy atom. The van der Waals surface area contributed by atoms with Gasteiger partial charge in [0.05, 0.1) is 0 Å². The lowest BCUT2D eigenvalue weighted by Gasteiger charge is -2.13. The van der Waals surface area contributed by atoms with Crippen LogP contribution in [0.2, 0.25) is 0 Å². The number of halogens is 2. The minimum absolute atomic E-state index is 0.352. The van der Waals surface area contributed by atoms with Crippen molar-refractivity contribution in [3.63, 3.8) is 0 Å². The first-order valence-electron chi connectivity index (χ1n) is 5.16. The van der Waals surface area contributed by atoms with Crippen molar-refractivity contribution in [2.24, 2.45) is 0 Å². The number of hydrogen-bond donors (Lipinski definition) is 3. The van der Waals surface area contributed by atoms with E-state index in [1.165, 1.54) is 0 Å². The maximum absolute atomic E-state index is 13.1. The van der Waals surface area contributed by atoms with Gasteiger partial charge in [-0.2, -0.15) is 4.39 Å². The van der Waals surface area contributed by atoms with Gasteiger partial charge in [-0.3, -0.25) is 10.1 Å². The average molecular weight is 243 g/mol. The van der Waals surface area contributed by atoms with Crippen molar-refractivity contribution in [1.82, 2.24) is 5.32 Å². The molecule has 2 atom stereocenters. The smallest absolute Gasteiger partial charge is 0.320 e. The van der Waals surface area contributed by atoms with Crippen LogP contribution in [0.3, 0.4) is 0 Å². The lowest BCUT2D eigenvalue weighted by molar-refractivity contribution is -0.139. The van der Waals surface area contributed by atoms with Gasteiger partial charge in [-0.15, -0.1) is 0 Å². The summed E-state index contributed by atoms with van der Waals surface area (Å²) >= 11 is 0. The number of benzene rings is 1. The zero-order valence-corrected chi connectivity index (χ0v) is 8.78. The van der Waals surface area contributed by atoms with Gasteiger partial charge in [-0.1, -0.05) is 0 Å². The van der Waals surface area contributed by atoms with Gasteiger partial charge in [0.15, 0.2) is 17.4 Å². The fourth-order valence-electron chi connectivity index (χ4n) is 2.00. The number of carboxylic acids is 1. The van der Waals surface area contributed by atoms with Crippen LogP contribution < -0.4 is 5.32 Å². The van der Waals surface area contributed by atoms with E-state index in [0.29, 0.717) is 18.4 Å². The van der Waals surface area contributed by atoms with Gasteiger partial charge in [0.25, 0.3) is 0 Å². The van der Waals surface area contributed by atoms with Crippen LogP contribution in [0.5, 0.6) is 5.75 Å². The van der Waals surface area contributed by atoms with Gasteiger partial charge < -0.3 is 10.2 Å². The molecule has 0 spiro atoms. The van der Waals surface area contributed by atoms with Crippen molar-refractivity contribution in [2.45, 2.75) is 24.9 Å². The van der Waals surface area contributed by atoms with E-state index in [-0.39, 0.29) is 6.04 Å². The van der Waals surface area contributed by atoms with Crippen LogP contribution in [0, 0.1) is 11.6 Å². The number of carboxylic acid groups (broad SMARTS) is 1. The van der Waals surface area contributed by atoms with Gasteiger partial charge in [-0.05, 0) is 30.5 Å². The number of aliphatic carboxylic acids is 1. The number of phenols is 1. The number of phenolic OH excluding ortho intramolecular Hbond substituents is 1. The van der Waals surface area contributed by atoms with Gasteiger partial charge >= 0.3 is 5.97 Å². The molecule has 1 fully saturated rings. The van der Waals surface area contributed by atoms with E-state index in [0.717, 1.165) is 12.1 Å². The number of aromatic hydroxyl groups is 1. The standard InChI is InChI=1S/C11H11F2NO3/c12-6-3-5(4-9(15)10(6)13)7-1-2-8(14-7)11(16)17/h3-4,7-8,14-15H,1-2H2,(H,16,17). The molecule has 4 nitrogen and oxygen atoms in total. The molecule has 0 aliphatic carbocycles. The monoisotopic (exact) mass is 243 g/mol. The topological polar surface area (TPSA) is 69.6 Å². The third kappa shape index (κ3) is 2.21. The normalized spacial score (nSPS) is 23.9. The molecule has 3 N–H and O–H groups in total. The summed E-state index contributed by atoms with van der Waals surface area (Å²) < 4.78 is 25.9. The van der Waals surface area contributed by atoms with E-state index in [1.54, 1.807) is 0 Å². The van der Waals surface area contributed by atoms with Crippen molar-refractivity contribution in [3.05, 3.63) is 29.3 Å². The Morgan fingerprint density at radius 3 is 2.59 bits per heavy atom. The van der Waals surface area contributed by atoms with Gasteiger partial charge in [0.1, 0.15) is 6.04 Å². The molecular formula is C11H11F2NO3. The first-order valence-corrected chi connectivity index (χ1v) is 5.16. The molecule has 0 bridgehead atoms. The fraction of sp³-hybridized carbons (Fsp3) is 0.364. The van der Waals surface area contributed by atoms with Gasteiger partial charge in [0, 0.05) is 6.04 Å². The third-order valence-electron chi connectivity index (χ3n) is 2.88. The second kappa shape index (κ2) is 4.29. The van der Waals surface area contributed by atoms with E-state index in [1.807, 2.05) is 0 Å². The summed E-state index contributed by atoms with van der Waals surface area (Å²) in [6.45, 7) is 0. The first kappa shape index (κ1) is 11.8. The molecule has 1 saturated heterocycles. The lowest BCUT2D eigenvalue weighted by Crippen LogP contribution is -2.31. The van der Waals surface area contributed by atoms with Crippen LogP contribution in [0.15, 0.2) is 12.1 Å². The zero-order chi connectivity index (χ0) is 12.6. The van der Waals surface area contributed by atoms with E-state index >= 15 is 0 Å². The number of hydrogen-bond acceptors (Lipinski definition) is 3. The SMILES string of the molecule is O=C(O)C1CCC(c2cc(O)c(F)c(F)c2)N1. The Morgan fingerprint density at radius 2 is 2.06 bits per heavy atom. The van der Waals surface area contributed by atoms with E-state index in [2.05, 4.69) is 5.32 Å². The van der Waals surface area contributed by atoms with Gasteiger partial charge in [0.2, 0.25) is 0 Å². The van der Waals surface area contributed by atoms with Crippen LogP contribution in [0.25, 0.3) is 0 Å². The highest BCUT2D eigenvalue weighted by Crippen LogP contribution is 2.30. The Kier molecular flexibility index (Phi) is 2.97. The molecule has 2 unspecified atom stereocenters. The van der Waals surface area contributed by atoms with Crippen molar-refractivity contribution < 1.29 is 23.8 Å². The maximum Gasteiger partial charge on any atom is 0.320 e. The maximum atomic E-state index is 13.1. The van der Waals surface area contributed by atoms with Crippen LogP contribution >= 0.6 is 0 Å². The molecule has 0 aromatic heterocycles.